The molecule has 0 atom stereocenters. The van der Waals surface area contributed by atoms with Gasteiger partial charge in [0.2, 0.25) is 5.52 Å². The molecular weight excluding hydrogens is 281 g/mol. The summed E-state index contributed by atoms with van der Waals surface area (Å²) >= 11 is 0. The monoisotopic (exact) mass is 297 g/mol. The van der Waals surface area contributed by atoms with Crippen LogP contribution in [0.5, 0.6) is 0 Å². The lowest BCUT2D eigenvalue weighted by atomic mass is 10.1. The maximum absolute atomic E-state index is 13.4. The Kier molecular flexibility index (Phi) is 4.35. The standard InChI is InChI=1S/C14H16FNO3S/c1-11-4-5-12-6-7-13(15)10-14(12)16(11)8-2-3-9-20(17,18)19/h4-7,10H,2-3,8-9H2,1H3. The van der Waals surface area contributed by atoms with Gasteiger partial charge in [-0.15, -0.1) is 0 Å². The normalized spacial score (nSPS) is 11.9. The predicted octanol–water partition coefficient (Wildman–Crippen LogP) is 1.90. The number of hydrogen-bond donors (Lipinski definition) is 0. The van der Waals surface area contributed by atoms with E-state index in [2.05, 4.69) is 0 Å². The highest BCUT2D eigenvalue weighted by atomic mass is 32.2. The number of pyridine rings is 1. The summed E-state index contributed by atoms with van der Waals surface area (Å²) < 4.78 is 47.0. The van der Waals surface area contributed by atoms with Crippen LogP contribution in [0.4, 0.5) is 4.39 Å². The molecular formula is C14H16FNO3S. The molecule has 0 spiro atoms. The fourth-order valence-corrected chi connectivity index (χ4v) is 2.79. The third-order valence-electron chi connectivity index (χ3n) is 3.24. The zero-order chi connectivity index (χ0) is 14.8. The number of nitrogens with zero attached hydrogens (tertiary/aromatic N) is 1. The highest BCUT2D eigenvalue weighted by Gasteiger charge is 2.13. The molecule has 0 aliphatic rings. The molecule has 0 aliphatic carbocycles. The number of aromatic nitrogens is 1. The van der Waals surface area contributed by atoms with E-state index in [9.17, 15) is 17.4 Å². The lowest BCUT2D eigenvalue weighted by Crippen LogP contribution is -2.38. The average molecular weight is 297 g/mol. The van der Waals surface area contributed by atoms with Crippen molar-refractivity contribution in [3.05, 3.63) is 41.8 Å². The molecule has 2 rings (SSSR count). The molecule has 0 bridgehead atoms. The number of hydrogen-bond acceptors (Lipinski definition) is 3. The van der Waals surface area contributed by atoms with E-state index in [0.717, 1.165) is 16.6 Å². The number of halogens is 1. The topological polar surface area (TPSA) is 61.1 Å². The van der Waals surface area contributed by atoms with Crippen LogP contribution in [-0.2, 0) is 16.7 Å². The van der Waals surface area contributed by atoms with E-state index in [1.165, 1.54) is 12.1 Å². The van der Waals surface area contributed by atoms with E-state index in [-0.39, 0.29) is 11.6 Å². The van der Waals surface area contributed by atoms with Crippen LogP contribution in [0.25, 0.3) is 10.9 Å². The van der Waals surface area contributed by atoms with Crippen LogP contribution in [0.1, 0.15) is 18.5 Å². The fraction of sp³-hybridized carbons (Fsp3) is 0.357. The quantitative estimate of drug-likeness (QED) is 0.481. The molecule has 0 amide bonds. The molecule has 6 heteroatoms. The van der Waals surface area contributed by atoms with Gasteiger partial charge in [-0.25, -0.2) is 12.8 Å². The third kappa shape index (κ3) is 3.74. The minimum atomic E-state index is -4.16. The van der Waals surface area contributed by atoms with Crippen LogP contribution in [0.15, 0.2) is 30.3 Å². The van der Waals surface area contributed by atoms with Crippen molar-refractivity contribution in [1.29, 1.82) is 0 Å². The first-order valence-electron chi connectivity index (χ1n) is 6.39. The van der Waals surface area contributed by atoms with Gasteiger partial charge in [-0.3, -0.25) is 0 Å². The SMILES string of the molecule is Cc1ccc2ccc(F)cc2[n+]1CCCCS(=O)(=O)[O-]. The minimum Gasteiger partial charge on any atom is -0.748 e. The summed E-state index contributed by atoms with van der Waals surface area (Å²) in [4.78, 5) is 0. The Morgan fingerprint density at radius 3 is 2.60 bits per heavy atom. The lowest BCUT2D eigenvalue weighted by Gasteiger charge is -2.07. The van der Waals surface area contributed by atoms with Gasteiger partial charge in [0.15, 0.2) is 5.69 Å². The van der Waals surface area contributed by atoms with Crippen molar-refractivity contribution in [3.63, 3.8) is 0 Å². The number of benzene rings is 1. The van der Waals surface area contributed by atoms with Gasteiger partial charge in [-0.1, -0.05) is 0 Å². The summed E-state index contributed by atoms with van der Waals surface area (Å²) in [7, 11) is -4.16. The summed E-state index contributed by atoms with van der Waals surface area (Å²) in [5, 5.41) is 0.924. The Morgan fingerprint density at radius 1 is 1.20 bits per heavy atom. The molecule has 108 valence electrons. The van der Waals surface area contributed by atoms with Crippen LogP contribution in [0, 0.1) is 12.7 Å². The van der Waals surface area contributed by atoms with E-state index in [1.807, 2.05) is 23.6 Å². The van der Waals surface area contributed by atoms with E-state index in [1.54, 1.807) is 6.07 Å². The van der Waals surface area contributed by atoms with E-state index in [4.69, 9.17) is 0 Å². The van der Waals surface area contributed by atoms with Gasteiger partial charge >= 0.3 is 0 Å². The van der Waals surface area contributed by atoms with Crippen LogP contribution >= 0.6 is 0 Å². The first-order valence-corrected chi connectivity index (χ1v) is 7.97. The second-order valence-electron chi connectivity index (χ2n) is 4.80. The number of aryl methyl sites for hydroxylation is 2. The van der Waals surface area contributed by atoms with Gasteiger partial charge < -0.3 is 4.55 Å². The molecule has 0 unspecified atom stereocenters. The highest BCUT2D eigenvalue weighted by molar-refractivity contribution is 7.85. The van der Waals surface area contributed by atoms with E-state index >= 15 is 0 Å². The van der Waals surface area contributed by atoms with Gasteiger partial charge in [0, 0.05) is 36.6 Å². The van der Waals surface area contributed by atoms with Crippen molar-refractivity contribution in [2.24, 2.45) is 0 Å². The third-order valence-corrected chi connectivity index (χ3v) is 4.03. The van der Waals surface area contributed by atoms with E-state index < -0.39 is 10.1 Å². The van der Waals surface area contributed by atoms with Gasteiger partial charge in [0.1, 0.15) is 12.4 Å². The first-order chi connectivity index (χ1) is 9.37. The Morgan fingerprint density at radius 2 is 1.90 bits per heavy atom. The van der Waals surface area contributed by atoms with Gasteiger partial charge in [0.25, 0.3) is 0 Å². The van der Waals surface area contributed by atoms with Crippen LogP contribution in [0.2, 0.25) is 0 Å². The molecule has 1 aromatic carbocycles. The maximum Gasteiger partial charge on any atom is 0.215 e. The molecule has 1 aromatic heterocycles. The summed E-state index contributed by atoms with van der Waals surface area (Å²) in [5.74, 6) is -0.662. The van der Waals surface area contributed by atoms with Gasteiger partial charge in [0.05, 0.1) is 10.1 Å². The Balaban J connectivity index is 2.20. The highest BCUT2D eigenvalue weighted by Crippen LogP contribution is 2.13. The largest absolute Gasteiger partial charge is 0.748 e. The van der Waals surface area contributed by atoms with Crippen LogP contribution < -0.4 is 4.57 Å². The van der Waals surface area contributed by atoms with Gasteiger partial charge in [-0.05, 0) is 24.6 Å². The first kappa shape index (κ1) is 14.9. The summed E-state index contributed by atoms with van der Waals surface area (Å²) in [6.07, 6.45) is 0.868. The molecule has 0 fully saturated rings. The van der Waals surface area contributed by atoms with Crippen LogP contribution in [0.3, 0.4) is 0 Å². The number of fused-ring (bicyclic) bond motifs is 1. The lowest BCUT2D eigenvalue weighted by molar-refractivity contribution is -0.677. The maximum atomic E-state index is 13.4. The molecule has 2 aromatic rings. The average Bonchev–Trinajstić information content (AvgIpc) is 2.35. The Bertz CT molecular complexity index is 723. The van der Waals surface area contributed by atoms with Gasteiger partial charge in [-0.2, -0.15) is 4.57 Å². The second kappa shape index (κ2) is 5.85. The van der Waals surface area contributed by atoms with Crippen LogP contribution in [-0.4, -0.2) is 18.7 Å². The predicted molar refractivity (Wildman–Crippen MR) is 72.6 cm³/mol. The number of rotatable bonds is 5. The van der Waals surface area contributed by atoms with Crippen molar-refractivity contribution in [2.45, 2.75) is 26.3 Å². The van der Waals surface area contributed by atoms with Crippen molar-refractivity contribution in [3.8, 4) is 0 Å². The second-order valence-corrected chi connectivity index (χ2v) is 6.32. The Hall–Kier alpha value is -1.53. The summed E-state index contributed by atoms with van der Waals surface area (Å²) in [6, 6.07) is 8.44. The Labute approximate surface area is 117 Å². The molecule has 0 saturated heterocycles. The molecule has 1 heterocycles. The minimum absolute atomic E-state index is 0.306. The van der Waals surface area contributed by atoms with Crippen molar-refractivity contribution >= 4 is 21.0 Å². The molecule has 0 N–H and O–H groups in total. The smallest absolute Gasteiger partial charge is 0.215 e. The molecule has 4 nitrogen and oxygen atoms in total. The van der Waals surface area contributed by atoms with Crippen molar-refractivity contribution in [1.82, 2.24) is 0 Å². The van der Waals surface area contributed by atoms with Crippen molar-refractivity contribution in [2.75, 3.05) is 5.75 Å². The summed E-state index contributed by atoms with van der Waals surface area (Å²) in [6.45, 7) is 2.47. The molecule has 0 saturated carbocycles. The summed E-state index contributed by atoms with van der Waals surface area (Å²) in [5.41, 5.74) is 1.74. The zero-order valence-electron chi connectivity index (χ0n) is 11.2. The zero-order valence-corrected chi connectivity index (χ0v) is 12.0. The molecule has 20 heavy (non-hydrogen) atoms. The number of unbranched alkanes of at least 4 members (excludes halogenated alkanes) is 1. The molecule has 0 aliphatic heterocycles. The fourth-order valence-electron chi connectivity index (χ4n) is 2.23. The van der Waals surface area contributed by atoms with Crippen molar-refractivity contribution < 1.29 is 21.9 Å². The van der Waals surface area contributed by atoms with E-state index in [0.29, 0.717) is 19.4 Å². The molecule has 0 radical (unpaired) electrons.